The molecular weight excluding hydrogens is 230 g/mol. The topological polar surface area (TPSA) is 23.8 Å². The molecule has 2 aromatic rings. The van der Waals surface area contributed by atoms with Gasteiger partial charge in [0, 0.05) is 5.02 Å². The van der Waals surface area contributed by atoms with Gasteiger partial charge < -0.3 is 0 Å². The lowest BCUT2D eigenvalue weighted by molar-refractivity contribution is 1.12. The van der Waals surface area contributed by atoms with Crippen molar-refractivity contribution in [3.8, 4) is 6.07 Å². The molecule has 17 heavy (non-hydrogen) atoms. The average Bonchev–Trinajstić information content (AvgIpc) is 2.34. The monoisotopic (exact) mass is 241 g/mol. The van der Waals surface area contributed by atoms with Gasteiger partial charge in [-0.2, -0.15) is 5.26 Å². The van der Waals surface area contributed by atoms with Crippen molar-refractivity contribution in [3.63, 3.8) is 0 Å². The van der Waals surface area contributed by atoms with Crippen molar-refractivity contribution in [1.82, 2.24) is 0 Å². The summed E-state index contributed by atoms with van der Waals surface area (Å²) in [4.78, 5) is 0. The highest BCUT2D eigenvalue weighted by atomic mass is 35.5. The van der Waals surface area contributed by atoms with Gasteiger partial charge in [-0.15, -0.1) is 0 Å². The summed E-state index contributed by atoms with van der Waals surface area (Å²) in [6.07, 6.45) is 1.25. The Morgan fingerprint density at radius 2 is 1.76 bits per heavy atom. The minimum Gasteiger partial charge on any atom is -0.198 e. The van der Waals surface area contributed by atoms with Crippen LogP contribution in [-0.4, -0.2) is 0 Å². The zero-order valence-electron chi connectivity index (χ0n) is 9.36. The fraction of sp³-hybridized carbons (Fsp3) is 0.133. The standard InChI is InChI=1S/C15H12ClN/c16-15-7-6-13(14(11-15)8-9-17)10-12-4-2-1-3-5-12/h1-7,11H,8,10H2. The van der Waals surface area contributed by atoms with E-state index in [-0.39, 0.29) is 0 Å². The third kappa shape index (κ3) is 3.09. The molecule has 0 spiro atoms. The van der Waals surface area contributed by atoms with Gasteiger partial charge in [-0.25, -0.2) is 0 Å². The van der Waals surface area contributed by atoms with Gasteiger partial charge >= 0.3 is 0 Å². The molecule has 0 fully saturated rings. The molecule has 0 aliphatic rings. The van der Waals surface area contributed by atoms with E-state index in [1.807, 2.05) is 36.4 Å². The van der Waals surface area contributed by atoms with Crippen LogP contribution in [0, 0.1) is 11.3 Å². The molecule has 0 amide bonds. The van der Waals surface area contributed by atoms with E-state index in [0.29, 0.717) is 11.4 Å². The summed E-state index contributed by atoms with van der Waals surface area (Å²) in [7, 11) is 0. The first-order chi connectivity index (χ1) is 8.29. The van der Waals surface area contributed by atoms with E-state index in [0.717, 1.165) is 12.0 Å². The molecule has 0 saturated carbocycles. The van der Waals surface area contributed by atoms with Crippen LogP contribution in [0.3, 0.4) is 0 Å². The van der Waals surface area contributed by atoms with Gasteiger partial charge in [0.1, 0.15) is 0 Å². The average molecular weight is 242 g/mol. The molecular formula is C15H12ClN. The lowest BCUT2D eigenvalue weighted by atomic mass is 9.98. The van der Waals surface area contributed by atoms with E-state index < -0.39 is 0 Å². The van der Waals surface area contributed by atoms with Crippen LogP contribution in [0.4, 0.5) is 0 Å². The number of hydrogen-bond acceptors (Lipinski definition) is 1. The molecule has 0 aliphatic carbocycles. The maximum Gasteiger partial charge on any atom is 0.0669 e. The van der Waals surface area contributed by atoms with Crippen LogP contribution in [0.1, 0.15) is 16.7 Å². The molecule has 0 atom stereocenters. The normalized spacial score (nSPS) is 9.88. The third-order valence-corrected chi connectivity index (χ3v) is 2.91. The van der Waals surface area contributed by atoms with E-state index in [4.69, 9.17) is 16.9 Å². The Kier molecular flexibility index (Phi) is 3.80. The molecule has 0 bridgehead atoms. The summed E-state index contributed by atoms with van der Waals surface area (Å²) in [6.45, 7) is 0. The van der Waals surface area contributed by atoms with Crippen LogP contribution in [0.5, 0.6) is 0 Å². The second kappa shape index (κ2) is 5.52. The Labute approximate surface area is 106 Å². The number of benzene rings is 2. The van der Waals surface area contributed by atoms with Crippen molar-refractivity contribution >= 4 is 11.6 Å². The van der Waals surface area contributed by atoms with E-state index in [1.54, 1.807) is 0 Å². The SMILES string of the molecule is N#CCc1cc(Cl)ccc1Cc1ccccc1. The first-order valence-electron chi connectivity index (χ1n) is 5.48. The Bertz CT molecular complexity index is 541. The predicted octanol–water partition coefficient (Wildman–Crippen LogP) is 4.00. The van der Waals surface area contributed by atoms with E-state index in [2.05, 4.69) is 18.2 Å². The summed E-state index contributed by atoms with van der Waals surface area (Å²) < 4.78 is 0. The molecule has 2 aromatic carbocycles. The van der Waals surface area contributed by atoms with Crippen molar-refractivity contribution in [2.75, 3.05) is 0 Å². The number of nitrogens with zero attached hydrogens (tertiary/aromatic N) is 1. The fourth-order valence-corrected chi connectivity index (χ4v) is 2.03. The van der Waals surface area contributed by atoms with Crippen LogP contribution in [0.15, 0.2) is 48.5 Å². The number of nitriles is 1. The lowest BCUT2D eigenvalue weighted by Gasteiger charge is -2.07. The van der Waals surface area contributed by atoms with Gasteiger partial charge in [0.15, 0.2) is 0 Å². The summed E-state index contributed by atoms with van der Waals surface area (Å²) in [6, 6.07) is 18.2. The van der Waals surface area contributed by atoms with Gasteiger partial charge in [0.2, 0.25) is 0 Å². The van der Waals surface area contributed by atoms with Crippen LogP contribution in [-0.2, 0) is 12.8 Å². The van der Waals surface area contributed by atoms with Crippen molar-refractivity contribution in [3.05, 3.63) is 70.2 Å². The Hall–Kier alpha value is -1.78. The van der Waals surface area contributed by atoms with Gasteiger partial charge in [0.25, 0.3) is 0 Å². The fourth-order valence-electron chi connectivity index (χ4n) is 1.83. The Morgan fingerprint density at radius 3 is 2.47 bits per heavy atom. The molecule has 0 heterocycles. The zero-order valence-corrected chi connectivity index (χ0v) is 10.1. The van der Waals surface area contributed by atoms with Gasteiger partial charge in [-0.3, -0.25) is 0 Å². The number of halogens is 1. The second-order valence-electron chi connectivity index (χ2n) is 3.91. The van der Waals surface area contributed by atoms with E-state index >= 15 is 0 Å². The molecule has 0 N–H and O–H groups in total. The molecule has 0 radical (unpaired) electrons. The molecule has 2 rings (SSSR count). The minimum atomic E-state index is 0.405. The predicted molar refractivity (Wildman–Crippen MR) is 70.0 cm³/mol. The van der Waals surface area contributed by atoms with Crippen LogP contribution >= 0.6 is 11.6 Å². The van der Waals surface area contributed by atoms with Gasteiger partial charge in [0.05, 0.1) is 12.5 Å². The molecule has 0 aromatic heterocycles. The zero-order chi connectivity index (χ0) is 12.1. The summed E-state index contributed by atoms with van der Waals surface area (Å²) in [5, 5.41) is 9.50. The Balaban J connectivity index is 2.30. The van der Waals surface area contributed by atoms with E-state index in [9.17, 15) is 0 Å². The highest BCUT2D eigenvalue weighted by molar-refractivity contribution is 6.30. The van der Waals surface area contributed by atoms with Crippen molar-refractivity contribution < 1.29 is 0 Å². The lowest BCUT2D eigenvalue weighted by Crippen LogP contribution is -1.95. The molecule has 1 nitrogen and oxygen atoms in total. The van der Waals surface area contributed by atoms with Crippen molar-refractivity contribution in [1.29, 1.82) is 5.26 Å². The minimum absolute atomic E-state index is 0.405. The molecule has 0 unspecified atom stereocenters. The quantitative estimate of drug-likeness (QED) is 0.797. The van der Waals surface area contributed by atoms with Crippen LogP contribution in [0.2, 0.25) is 5.02 Å². The highest BCUT2D eigenvalue weighted by Gasteiger charge is 2.04. The van der Waals surface area contributed by atoms with Gasteiger partial charge in [-0.1, -0.05) is 48.0 Å². The first-order valence-corrected chi connectivity index (χ1v) is 5.85. The number of rotatable bonds is 3. The van der Waals surface area contributed by atoms with E-state index in [1.165, 1.54) is 11.1 Å². The molecule has 84 valence electrons. The maximum absolute atomic E-state index is 8.81. The van der Waals surface area contributed by atoms with Crippen LogP contribution in [0.25, 0.3) is 0 Å². The molecule has 0 saturated heterocycles. The first kappa shape index (κ1) is 11.7. The molecule has 0 aliphatic heterocycles. The van der Waals surface area contributed by atoms with Crippen molar-refractivity contribution in [2.24, 2.45) is 0 Å². The highest BCUT2D eigenvalue weighted by Crippen LogP contribution is 2.19. The summed E-state index contributed by atoms with van der Waals surface area (Å²) in [5.74, 6) is 0. The maximum atomic E-state index is 8.81. The Morgan fingerprint density at radius 1 is 1.00 bits per heavy atom. The largest absolute Gasteiger partial charge is 0.198 e. The second-order valence-corrected chi connectivity index (χ2v) is 4.35. The smallest absolute Gasteiger partial charge is 0.0669 e. The van der Waals surface area contributed by atoms with Gasteiger partial charge in [-0.05, 0) is 35.2 Å². The number of hydrogen-bond donors (Lipinski definition) is 0. The summed E-state index contributed by atoms with van der Waals surface area (Å²) in [5.41, 5.74) is 3.43. The van der Waals surface area contributed by atoms with Crippen LogP contribution < -0.4 is 0 Å². The summed E-state index contributed by atoms with van der Waals surface area (Å²) >= 11 is 5.95. The third-order valence-electron chi connectivity index (χ3n) is 2.68. The molecule has 2 heteroatoms. The van der Waals surface area contributed by atoms with Crippen molar-refractivity contribution in [2.45, 2.75) is 12.8 Å².